The van der Waals surface area contributed by atoms with Crippen LogP contribution in [0, 0.1) is 0 Å². The van der Waals surface area contributed by atoms with Gasteiger partial charge in [0.1, 0.15) is 5.76 Å². The summed E-state index contributed by atoms with van der Waals surface area (Å²) in [6.45, 7) is 2.19. The zero-order valence-electron chi connectivity index (χ0n) is 8.16. The Labute approximate surface area is 83.4 Å². The van der Waals surface area contributed by atoms with Gasteiger partial charge in [-0.05, 0) is 31.1 Å². The molecule has 1 aromatic rings. The lowest BCUT2D eigenvalue weighted by atomic mass is 9.80. The van der Waals surface area contributed by atoms with Crippen molar-refractivity contribution in [2.45, 2.75) is 19.3 Å². The van der Waals surface area contributed by atoms with Gasteiger partial charge in [0.15, 0.2) is 0 Å². The van der Waals surface area contributed by atoms with E-state index in [1.54, 1.807) is 6.26 Å². The van der Waals surface area contributed by atoms with Crippen molar-refractivity contribution >= 4 is 6.08 Å². The Balaban J connectivity index is 2.14. The Hall–Kier alpha value is -1.50. The number of rotatable bonds is 0. The van der Waals surface area contributed by atoms with Crippen LogP contribution in [0.15, 0.2) is 46.1 Å². The molecule has 0 bridgehead atoms. The number of hydrogen-bond acceptors (Lipinski definition) is 1. The normalized spacial score (nSPS) is 23.6. The maximum atomic E-state index is 5.41. The van der Waals surface area contributed by atoms with Crippen molar-refractivity contribution in [1.29, 1.82) is 0 Å². The summed E-state index contributed by atoms with van der Waals surface area (Å²) in [5.74, 6) is 1.56. The maximum Gasteiger partial charge on any atom is 0.130 e. The fraction of sp³-hybridized carbons (Fsp3) is 0.231. The first kappa shape index (κ1) is 7.86. The molecule has 1 heteroatoms. The van der Waals surface area contributed by atoms with Gasteiger partial charge in [-0.2, -0.15) is 0 Å². The first-order valence-corrected chi connectivity index (χ1v) is 4.97. The highest BCUT2D eigenvalue weighted by molar-refractivity contribution is 5.61. The Morgan fingerprint density at radius 2 is 2.21 bits per heavy atom. The lowest BCUT2D eigenvalue weighted by Crippen LogP contribution is -2.08. The van der Waals surface area contributed by atoms with Gasteiger partial charge in [-0.1, -0.05) is 23.8 Å². The predicted molar refractivity (Wildman–Crippen MR) is 56.9 cm³/mol. The van der Waals surface area contributed by atoms with Gasteiger partial charge in [0.05, 0.1) is 6.26 Å². The van der Waals surface area contributed by atoms with Crippen LogP contribution in [0.1, 0.15) is 30.6 Å². The second-order valence-corrected chi connectivity index (χ2v) is 4.01. The van der Waals surface area contributed by atoms with E-state index in [2.05, 4.69) is 37.3 Å². The van der Waals surface area contributed by atoms with E-state index in [-0.39, 0.29) is 0 Å². The van der Waals surface area contributed by atoms with Gasteiger partial charge >= 0.3 is 0 Å². The molecule has 0 unspecified atom stereocenters. The summed E-state index contributed by atoms with van der Waals surface area (Å²) in [5.41, 5.74) is 4.19. The van der Waals surface area contributed by atoms with E-state index >= 15 is 0 Å². The minimum absolute atomic E-state index is 0.527. The largest absolute Gasteiger partial charge is 0.465 e. The molecule has 0 fully saturated rings. The van der Waals surface area contributed by atoms with Crippen LogP contribution < -0.4 is 0 Å². The van der Waals surface area contributed by atoms with Crippen molar-refractivity contribution in [1.82, 2.24) is 0 Å². The van der Waals surface area contributed by atoms with Gasteiger partial charge in [-0.25, -0.2) is 0 Å². The van der Waals surface area contributed by atoms with Gasteiger partial charge in [-0.15, -0.1) is 0 Å². The van der Waals surface area contributed by atoms with Crippen molar-refractivity contribution in [3.63, 3.8) is 0 Å². The monoisotopic (exact) mass is 184 g/mol. The summed E-state index contributed by atoms with van der Waals surface area (Å²) in [6, 6.07) is 2.09. The lowest BCUT2D eigenvalue weighted by Gasteiger charge is -2.24. The van der Waals surface area contributed by atoms with Gasteiger partial charge in [-0.3, -0.25) is 0 Å². The Kier molecular flexibility index (Phi) is 1.54. The molecule has 2 aliphatic rings. The maximum absolute atomic E-state index is 5.41. The fourth-order valence-electron chi connectivity index (χ4n) is 2.25. The third kappa shape index (κ3) is 1.02. The highest BCUT2D eigenvalue weighted by atomic mass is 16.3. The lowest BCUT2D eigenvalue weighted by molar-refractivity contribution is 0.548. The van der Waals surface area contributed by atoms with Crippen LogP contribution in [0.2, 0.25) is 0 Å². The summed E-state index contributed by atoms with van der Waals surface area (Å²) >= 11 is 0. The number of hydrogen-bond donors (Lipinski definition) is 0. The fourth-order valence-corrected chi connectivity index (χ4v) is 2.25. The minimum Gasteiger partial charge on any atom is -0.465 e. The highest BCUT2D eigenvalue weighted by Gasteiger charge is 2.24. The molecule has 1 aromatic heterocycles. The molecule has 1 heterocycles. The van der Waals surface area contributed by atoms with E-state index in [1.807, 2.05) is 0 Å². The van der Waals surface area contributed by atoms with E-state index in [0.717, 1.165) is 12.2 Å². The van der Waals surface area contributed by atoms with Crippen molar-refractivity contribution in [3.05, 3.63) is 53.0 Å². The third-order valence-electron chi connectivity index (χ3n) is 3.02. The van der Waals surface area contributed by atoms with E-state index in [0.29, 0.717) is 5.92 Å². The first-order valence-electron chi connectivity index (χ1n) is 4.97. The third-order valence-corrected chi connectivity index (χ3v) is 3.02. The van der Waals surface area contributed by atoms with Crippen molar-refractivity contribution < 1.29 is 4.42 Å². The second kappa shape index (κ2) is 2.74. The summed E-state index contributed by atoms with van der Waals surface area (Å²) < 4.78 is 5.41. The van der Waals surface area contributed by atoms with Gasteiger partial charge < -0.3 is 4.42 Å². The van der Waals surface area contributed by atoms with E-state index < -0.39 is 0 Å². The summed E-state index contributed by atoms with van der Waals surface area (Å²) in [5, 5.41) is 0. The summed E-state index contributed by atoms with van der Waals surface area (Å²) in [7, 11) is 0. The van der Waals surface area contributed by atoms with Gasteiger partial charge in [0.2, 0.25) is 0 Å². The van der Waals surface area contributed by atoms with Crippen LogP contribution in [-0.2, 0) is 0 Å². The van der Waals surface area contributed by atoms with Crippen molar-refractivity contribution in [3.8, 4) is 0 Å². The zero-order chi connectivity index (χ0) is 9.54. The molecule has 1 atom stereocenters. The molecule has 0 N–H and O–H groups in total. The van der Waals surface area contributed by atoms with Crippen molar-refractivity contribution in [2.24, 2.45) is 0 Å². The Morgan fingerprint density at radius 3 is 3.14 bits per heavy atom. The van der Waals surface area contributed by atoms with Crippen LogP contribution in [0.5, 0.6) is 0 Å². The zero-order valence-corrected chi connectivity index (χ0v) is 8.16. The van der Waals surface area contributed by atoms with E-state index in [4.69, 9.17) is 4.42 Å². The number of fused-ring (bicyclic) bond motifs is 3. The van der Waals surface area contributed by atoms with Gasteiger partial charge in [0, 0.05) is 11.5 Å². The smallest absolute Gasteiger partial charge is 0.130 e. The molecular formula is C13H12O. The predicted octanol–water partition coefficient (Wildman–Crippen LogP) is 3.67. The second-order valence-electron chi connectivity index (χ2n) is 4.01. The van der Waals surface area contributed by atoms with Crippen LogP contribution >= 0.6 is 0 Å². The molecule has 0 amide bonds. The van der Waals surface area contributed by atoms with Gasteiger partial charge in [0.25, 0.3) is 0 Å². The molecule has 0 radical (unpaired) electrons. The molecule has 1 nitrogen and oxygen atoms in total. The standard InChI is InChI=1S/C13H12O/c1-9-2-3-10-4-5-13-11(6-7-14-13)12(10)8-9/h2-7,12H,8H2,1H3/t12-/m0/s1. The van der Waals surface area contributed by atoms with E-state index in [9.17, 15) is 0 Å². The molecular weight excluding hydrogens is 172 g/mol. The molecule has 2 aliphatic carbocycles. The Morgan fingerprint density at radius 1 is 1.29 bits per heavy atom. The molecule has 0 spiro atoms. The SMILES string of the molecule is CC1=CC=C2C=Cc3occc3[C@H]2C1. The molecule has 70 valence electrons. The molecule has 3 rings (SSSR count). The molecule has 0 aromatic carbocycles. The molecule has 0 saturated heterocycles. The minimum atomic E-state index is 0.527. The highest BCUT2D eigenvalue weighted by Crippen LogP contribution is 2.40. The Bertz CT molecular complexity index is 457. The topological polar surface area (TPSA) is 13.1 Å². The van der Waals surface area contributed by atoms with Crippen LogP contribution in [0.4, 0.5) is 0 Å². The average Bonchev–Trinajstić information content (AvgIpc) is 2.65. The summed E-state index contributed by atoms with van der Waals surface area (Å²) in [4.78, 5) is 0. The number of furan rings is 1. The molecule has 14 heavy (non-hydrogen) atoms. The summed E-state index contributed by atoms with van der Waals surface area (Å²) in [6.07, 6.45) is 11.6. The number of allylic oxidation sites excluding steroid dienone is 5. The quantitative estimate of drug-likeness (QED) is 0.599. The first-order chi connectivity index (χ1) is 6.84. The van der Waals surface area contributed by atoms with E-state index in [1.165, 1.54) is 16.7 Å². The van der Waals surface area contributed by atoms with Crippen LogP contribution in [0.25, 0.3) is 6.08 Å². The average molecular weight is 184 g/mol. The molecule has 0 aliphatic heterocycles. The van der Waals surface area contributed by atoms with Crippen molar-refractivity contribution in [2.75, 3.05) is 0 Å². The van der Waals surface area contributed by atoms with Crippen LogP contribution in [-0.4, -0.2) is 0 Å². The molecule has 0 saturated carbocycles. The van der Waals surface area contributed by atoms with Crippen LogP contribution in [0.3, 0.4) is 0 Å².